The van der Waals surface area contributed by atoms with Gasteiger partial charge in [-0.05, 0) is 59.5 Å². The summed E-state index contributed by atoms with van der Waals surface area (Å²) in [6.07, 6.45) is 1.02. The number of anilines is 1. The Morgan fingerprint density at radius 2 is 1.70 bits per heavy atom. The van der Waals surface area contributed by atoms with Crippen LogP contribution in [0.3, 0.4) is 0 Å². The Labute approximate surface area is 192 Å². The van der Waals surface area contributed by atoms with Gasteiger partial charge < -0.3 is 19.1 Å². The van der Waals surface area contributed by atoms with Crippen LogP contribution in [-0.2, 0) is 11.3 Å². The number of hydrogen-bond acceptors (Lipinski definition) is 5. The van der Waals surface area contributed by atoms with Crippen LogP contribution in [0.4, 0.5) is 10.5 Å². The molecule has 0 aromatic heterocycles. The van der Waals surface area contributed by atoms with Crippen LogP contribution < -0.4 is 14.4 Å². The molecule has 7 heteroatoms. The molecule has 0 bridgehead atoms. The molecule has 1 fully saturated rings. The number of rotatable bonds is 5. The monoisotopic (exact) mass is 444 g/mol. The van der Waals surface area contributed by atoms with E-state index in [9.17, 15) is 9.59 Å². The Bertz CT molecular complexity index is 1190. The molecule has 3 aromatic rings. The SMILES string of the molecule is COC(=O)c1ccc(CN(C(=O)N2CCC2)c2cccc(-c3ccc4c(c3)OCO4)c2)cc1. The maximum Gasteiger partial charge on any atom is 0.337 e. The van der Waals surface area contributed by atoms with Gasteiger partial charge in [-0.1, -0.05) is 30.3 Å². The number of hydrogen-bond donors (Lipinski definition) is 0. The van der Waals surface area contributed by atoms with Crippen LogP contribution in [0.1, 0.15) is 22.3 Å². The van der Waals surface area contributed by atoms with Crippen LogP contribution >= 0.6 is 0 Å². The fraction of sp³-hybridized carbons (Fsp3) is 0.231. The smallest absolute Gasteiger partial charge is 0.337 e. The van der Waals surface area contributed by atoms with Crippen LogP contribution in [0, 0.1) is 0 Å². The highest BCUT2D eigenvalue weighted by molar-refractivity contribution is 5.93. The summed E-state index contributed by atoms with van der Waals surface area (Å²) >= 11 is 0. The van der Waals surface area contributed by atoms with Crippen LogP contribution in [0.25, 0.3) is 11.1 Å². The van der Waals surface area contributed by atoms with Crippen molar-refractivity contribution in [3.8, 4) is 22.6 Å². The molecule has 0 saturated carbocycles. The van der Waals surface area contributed by atoms with Gasteiger partial charge in [0.2, 0.25) is 6.79 Å². The fourth-order valence-corrected chi connectivity index (χ4v) is 3.92. The Balaban J connectivity index is 1.45. The Morgan fingerprint density at radius 1 is 0.939 bits per heavy atom. The largest absolute Gasteiger partial charge is 0.465 e. The number of amides is 2. The summed E-state index contributed by atoms with van der Waals surface area (Å²) in [5.74, 6) is 1.07. The van der Waals surface area contributed by atoms with Crippen molar-refractivity contribution < 1.29 is 23.8 Å². The van der Waals surface area contributed by atoms with Gasteiger partial charge in [-0.15, -0.1) is 0 Å². The third kappa shape index (κ3) is 4.22. The minimum atomic E-state index is -0.383. The average molecular weight is 444 g/mol. The highest BCUT2D eigenvalue weighted by Gasteiger charge is 2.27. The molecule has 0 atom stereocenters. The fourth-order valence-electron chi connectivity index (χ4n) is 3.92. The molecular weight excluding hydrogens is 420 g/mol. The molecule has 0 unspecified atom stereocenters. The molecule has 3 aromatic carbocycles. The van der Waals surface area contributed by atoms with Gasteiger partial charge in [0.1, 0.15) is 0 Å². The maximum atomic E-state index is 13.3. The molecule has 0 aliphatic carbocycles. The van der Waals surface area contributed by atoms with E-state index >= 15 is 0 Å². The molecule has 168 valence electrons. The molecule has 5 rings (SSSR count). The van der Waals surface area contributed by atoms with E-state index in [1.54, 1.807) is 17.0 Å². The van der Waals surface area contributed by atoms with Gasteiger partial charge in [-0.3, -0.25) is 4.90 Å². The number of likely N-dealkylation sites (tertiary alicyclic amines) is 1. The van der Waals surface area contributed by atoms with Crippen LogP contribution in [0.5, 0.6) is 11.5 Å². The quantitative estimate of drug-likeness (QED) is 0.534. The van der Waals surface area contributed by atoms with Gasteiger partial charge >= 0.3 is 12.0 Å². The van der Waals surface area contributed by atoms with E-state index in [-0.39, 0.29) is 18.8 Å². The van der Waals surface area contributed by atoms with Gasteiger partial charge in [0.15, 0.2) is 11.5 Å². The third-order valence-corrected chi connectivity index (χ3v) is 5.94. The molecule has 2 amide bonds. The number of carbonyl (C=O) groups excluding carboxylic acids is 2. The molecule has 2 aliphatic rings. The van der Waals surface area contributed by atoms with E-state index in [0.29, 0.717) is 12.1 Å². The Kier molecular flexibility index (Phi) is 5.60. The number of nitrogens with zero attached hydrogens (tertiary/aromatic N) is 2. The van der Waals surface area contributed by atoms with Crippen molar-refractivity contribution in [1.29, 1.82) is 0 Å². The first-order valence-electron chi connectivity index (χ1n) is 10.9. The second-order valence-electron chi connectivity index (χ2n) is 8.02. The normalized spacial score (nSPS) is 13.9. The minimum absolute atomic E-state index is 0.0267. The molecule has 0 radical (unpaired) electrons. The van der Waals surface area contributed by atoms with E-state index in [2.05, 4.69) is 0 Å². The van der Waals surface area contributed by atoms with Crippen molar-refractivity contribution in [1.82, 2.24) is 4.90 Å². The van der Waals surface area contributed by atoms with Crippen molar-refractivity contribution >= 4 is 17.7 Å². The predicted molar refractivity (Wildman–Crippen MR) is 124 cm³/mol. The van der Waals surface area contributed by atoms with Gasteiger partial charge in [-0.25, -0.2) is 9.59 Å². The average Bonchev–Trinajstić information content (AvgIpc) is 3.29. The number of ether oxygens (including phenoxy) is 3. The lowest BCUT2D eigenvalue weighted by Crippen LogP contribution is -2.49. The summed E-state index contributed by atoms with van der Waals surface area (Å²) < 4.78 is 15.7. The summed E-state index contributed by atoms with van der Waals surface area (Å²) in [5, 5.41) is 0. The molecule has 1 saturated heterocycles. The number of carbonyl (C=O) groups is 2. The second-order valence-corrected chi connectivity index (χ2v) is 8.02. The zero-order valence-corrected chi connectivity index (χ0v) is 18.3. The molecule has 2 aliphatic heterocycles. The van der Waals surface area contributed by atoms with Crippen molar-refractivity contribution in [2.75, 3.05) is 31.9 Å². The van der Waals surface area contributed by atoms with Crippen molar-refractivity contribution in [3.05, 3.63) is 77.9 Å². The molecule has 33 heavy (non-hydrogen) atoms. The second kappa shape index (κ2) is 8.86. The van der Waals surface area contributed by atoms with E-state index < -0.39 is 0 Å². The van der Waals surface area contributed by atoms with Gasteiger partial charge in [0.25, 0.3) is 0 Å². The lowest BCUT2D eigenvalue weighted by molar-refractivity contribution is 0.0600. The van der Waals surface area contributed by atoms with Gasteiger partial charge in [-0.2, -0.15) is 0 Å². The number of esters is 1. The Morgan fingerprint density at radius 3 is 2.42 bits per heavy atom. The summed E-state index contributed by atoms with van der Waals surface area (Å²) in [5.41, 5.74) is 4.17. The van der Waals surface area contributed by atoms with Crippen molar-refractivity contribution in [2.45, 2.75) is 13.0 Å². The highest BCUT2D eigenvalue weighted by atomic mass is 16.7. The lowest BCUT2D eigenvalue weighted by atomic mass is 10.0. The number of urea groups is 1. The highest BCUT2D eigenvalue weighted by Crippen LogP contribution is 2.37. The van der Waals surface area contributed by atoms with E-state index in [1.165, 1.54) is 7.11 Å². The maximum absolute atomic E-state index is 13.3. The first kappa shape index (κ1) is 20.9. The summed E-state index contributed by atoms with van der Waals surface area (Å²) in [7, 11) is 1.36. The summed E-state index contributed by atoms with van der Waals surface area (Å²) in [6.45, 7) is 2.14. The standard InChI is InChI=1S/C26H24N2O5/c1-31-25(29)19-8-6-18(7-9-19)16-28(26(30)27-12-3-13-27)22-5-2-4-20(14-22)21-10-11-23-24(15-21)33-17-32-23/h2,4-11,14-15H,3,12-13,16-17H2,1H3. The van der Waals surface area contributed by atoms with Crippen molar-refractivity contribution in [2.24, 2.45) is 0 Å². The number of methoxy groups -OCH3 is 1. The van der Waals surface area contributed by atoms with Crippen LogP contribution in [0.2, 0.25) is 0 Å². The zero-order valence-electron chi connectivity index (χ0n) is 18.3. The van der Waals surface area contributed by atoms with Crippen molar-refractivity contribution in [3.63, 3.8) is 0 Å². The first-order valence-corrected chi connectivity index (χ1v) is 10.9. The molecule has 7 nitrogen and oxygen atoms in total. The van der Waals surface area contributed by atoms with E-state index in [4.69, 9.17) is 14.2 Å². The minimum Gasteiger partial charge on any atom is -0.465 e. The summed E-state index contributed by atoms with van der Waals surface area (Å²) in [6, 6.07) is 20.9. The number of benzene rings is 3. The Hall–Kier alpha value is -4.00. The van der Waals surface area contributed by atoms with Gasteiger partial charge in [0, 0.05) is 18.8 Å². The lowest BCUT2D eigenvalue weighted by Gasteiger charge is -2.36. The molecule has 2 heterocycles. The first-order chi connectivity index (χ1) is 16.1. The van der Waals surface area contributed by atoms with E-state index in [1.807, 2.05) is 59.5 Å². The third-order valence-electron chi connectivity index (χ3n) is 5.94. The molecular formula is C26H24N2O5. The molecule has 0 N–H and O–H groups in total. The predicted octanol–water partition coefficient (Wildman–Crippen LogP) is 4.70. The summed E-state index contributed by atoms with van der Waals surface area (Å²) in [4.78, 5) is 28.7. The van der Waals surface area contributed by atoms with Crippen LogP contribution in [-0.4, -0.2) is 43.9 Å². The van der Waals surface area contributed by atoms with E-state index in [0.717, 1.165) is 53.4 Å². The number of fused-ring (bicyclic) bond motifs is 1. The molecule has 0 spiro atoms. The topological polar surface area (TPSA) is 68.3 Å². The zero-order chi connectivity index (χ0) is 22.8. The van der Waals surface area contributed by atoms with Crippen LogP contribution in [0.15, 0.2) is 66.7 Å². The van der Waals surface area contributed by atoms with Gasteiger partial charge in [0.05, 0.1) is 19.2 Å².